The second-order valence-corrected chi connectivity index (χ2v) is 4.88. The van der Waals surface area contributed by atoms with Crippen LogP contribution < -0.4 is 4.74 Å². The molecule has 114 valence electrons. The van der Waals surface area contributed by atoms with Crippen LogP contribution in [-0.4, -0.2) is 22.1 Å². The predicted octanol–water partition coefficient (Wildman–Crippen LogP) is 3.65. The Hall–Kier alpha value is -2.57. The van der Waals surface area contributed by atoms with Crippen molar-refractivity contribution in [1.29, 1.82) is 0 Å². The van der Waals surface area contributed by atoms with Crippen LogP contribution >= 0.6 is 0 Å². The topological polar surface area (TPSA) is 59.4 Å². The first-order chi connectivity index (χ1) is 10.3. The molecule has 7 heteroatoms. The highest BCUT2D eigenvalue weighted by Crippen LogP contribution is 2.48. The number of alkyl halides is 3. The van der Waals surface area contributed by atoms with Crippen molar-refractivity contribution in [3.63, 3.8) is 0 Å². The second-order valence-electron chi connectivity index (χ2n) is 4.88. The van der Waals surface area contributed by atoms with E-state index in [4.69, 9.17) is 4.74 Å². The maximum atomic E-state index is 13.2. The van der Waals surface area contributed by atoms with Crippen LogP contribution in [0.25, 0.3) is 11.1 Å². The Morgan fingerprint density at radius 2 is 1.95 bits per heavy atom. The monoisotopic (exact) mass is 309 g/mol. The molecule has 0 saturated heterocycles. The van der Waals surface area contributed by atoms with Crippen LogP contribution in [0.1, 0.15) is 29.2 Å². The van der Waals surface area contributed by atoms with E-state index in [1.165, 1.54) is 6.07 Å². The van der Waals surface area contributed by atoms with Gasteiger partial charge in [-0.25, -0.2) is 4.98 Å². The quantitative estimate of drug-likeness (QED) is 0.817. The number of ketones is 1. The number of halogens is 3. The fourth-order valence-electron chi connectivity index (χ4n) is 2.39. The van der Waals surface area contributed by atoms with Crippen molar-refractivity contribution in [3.05, 3.63) is 41.7 Å². The minimum absolute atomic E-state index is 0.0501. The number of hydrogen-bond acceptors (Lipinski definition) is 4. The smallest absolute Gasteiger partial charge is 0.431 e. The predicted molar refractivity (Wildman–Crippen MR) is 70.8 cm³/mol. The molecule has 22 heavy (non-hydrogen) atoms. The van der Waals surface area contributed by atoms with E-state index in [2.05, 4.69) is 4.98 Å². The lowest BCUT2D eigenvalue weighted by Gasteiger charge is -2.29. The molecule has 1 aromatic heterocycles. The molecular formula is C15H10F3NO3. The molecule has 0 aliphatic carbocycles. The summed E-state index contributed by atoms with van der Waals surface area (Å²) >= 11 is 0. The zero-order valence-corrected chi connectivity index (χ0v) is 11.3. The number of rotatable bonds is 1. The SMILES string of the molecule is CC(=O)c1nc2c(cc1O)-c1ccccc1OC2C(F)(F)F. The summed E-state index contributed by atoms with van der Waals surface area (Å²) in [5.41, 5.74) is -0.340. The largest absolute Gasteiger partial charge is 0.506 e. The minimum atomic E-state index is -4.69. The van der Waals surface area contributed by atoms with Gasteiger partial charge in [-0.15, -0.1) is 0 Å². The summed E-state index contributed by atoms with van der Waals surface area (Å²) in [6, 6.07) is 7.28. The van der Waals surface area contributed by atoms with Gasteiger partial charge >= 0.3 is 6.18 Å². The first-order valence-corrected chi connectivity index (χ1v) is 6.36. The Balaban J connectivity index is 2.30. The molecular weight excluding hydrogens is 299 g/mol. The first-order valence-electron chi connectivity index (χ1n) is 6.36. The Morgan fingerprint density at radius 1 is 1.27 bits per heavy atom. The van der Waals surface area contributed by atoms with Crippen molar-refractivity contribution in [1.82, 2.24) is 4.98 Å². The Kier molecular flexibility index (Phi) is 3.09. The number of Topliss-reactive ketones (excluding diaryl/α,β-unsaturated/α-hetero) is 1. The number of carbonyl (C=O) groups excluding carboxylic acids is 1. The Labute approximate surface area is 123 Å². The van der Waals surface area contributed by atoms with Gasteiger partial charge in [0.1, 0.15) is 17.2 Å². The van der Waals surface area contributed by atoms with Gasteiger partial charge in [0.05, 0.1) is 5.69 Å². The summed E-state index contributed by atoms with van der Waals surface area (Å²) in [6.45, 7) is 1.12. The van der Waals surface area contributed by atoms with Gasteiger partial charge in [-0.2, -0.15) is 13.2 Å². The van der Waals surface area contributed by atoms with E-state index in [1.807, 2.05) is 0 Å². The molecule has 1 N–H and O–H groups in total. The zero-order chi connectivity index (χ0) is 16.1. The molecule has 1 unspecified atom stereocenters. The first kappa shape index (κ1) is 14.4. The number of aromatic hydroxyl groups is 1. The van der Waals surface area contributed by atoms with Gasteiger partial charge < -0.3 is 9.84 Å². The summed E-state index contributed by atoms with van der Waals surface area (Å²) < 4.78 is 44.7. The van der Waals surface area contributed by atoms with Crippen LogP contribution in [0.15, 0.2) is 30.3 Å². The maximum absolute atomic E-state index is 13.2. The lowest BCUT2D eigenvalue weighted by molar-refractivity contribution is -0.199. The highest BCUT2D eigenvalue weighted by atomic mass is 19.4. The summed E-state index contributed by atoms with van der Waals surface area (Å²) in [5, 5.41) is 9.85. The summed E-state index contributed by atoms with van der Waals surface area (Å²) in [5.74, 6) is -1.03. The number of pyridine rings is 1. The van der Waals surface area contributed by atoms with Crippen molar-refractivity contribution in [2.24, 2.45) is 0 Å². The third-order valence-electron chi connectivity index (χ3n) is 3.33. The van der Waals surface area contributed by atoms with Gasteiger partial charge in [0.2, 0.25) is 6.10 Å². The molecule has 0 amide bonds. The molecule has 2 heterocycles. The average Bonchev–Trinajstić information content (AvgIpc) is 2.44. The molecule has 2 aromatic rings. The normalized spacial score (nSPS) is 16.5. The van der Waals surface area contributed by atoms with Gasteiger partial charge in [-0.05, 0) is 12.1 Å². The van der Waals surface area contributed by atoms with E-state index in [0.717, 1.165) is 13.0 Å². The Morgan fingerprint density at radius 3 is 2.59 bits per heavy atom. The number of para-hydroxylation sites is 1. The van der Waals surface area contributed by atoms with Crippen molar-refractivity contribution < 1.29 is 27.8 Å². The van der Waals surface area contributed by atoms with E-state index in [9.17, 15) is 23.1 Å². The van der Waals surface area contributed by atoms with Crippen LogP contribution in [0.2, 0.25) is 0 Å². The molecule has 4 nitrogen and oxygen atoms in total. The van der Waals surface area contributed by atoms with Crippen LogP contribution in [0, 0.1) is 0 Å². The molecule has 1 aliphatic rings. The standard InChI is InChI=1S/C15H10F3NO3/c1-7(20)12-10(21)6-9-8-4-2-3-5-11(8)22-14(13(9)19-12)15(16,17)18/h2-6,14,21H,1H3. The van der Waals surface area contributed by atoms with Crippen LogP contribution in [0.4, 0.5) is 13.2 Å². The van der Waals surface area contributed by atoms with E-state index < -0.39 is 35.2 Å². The number of benzene rings is 1. The summed E-state index contributed by atoms with van der Waals surface area (Å²) in [7, 11) is 0. The maximum Gasteiger partial charge on any atom is 0.431 e. The number of carbonyl (C=O) groups is 1. The molecule has 1 aromatic carbocycles. The summed E-state index contributed by atoms with van der Waals surface area (Å²) in [6.07, 6.45) is -6.98. The Bertz CT molecular complexity index is 771. The van der Waals surface area contributed by atoms with Crippen LogP contribution in [0.5, 0.6) is 11.5 Å². The third-order valence-corrected chi connectivity index (χ3v) is 3.33. The van der Waals surface area contributed by atoms with E-state index in [-0.39, 0.29) is 11.3 Å². The number of hydrogen-bond donors (Lipinski definition) is 1. The summed E-state index contributed by atoms with van der Waals surface area (Å²) in [4.78, 5) is 15.1. The van der Waals surface area contributed by atoms with Crippen molar-refractivity contribution in [2.45, 2.75) is 19.2 Å². The number of aromatic nitrogens is 1. The highest BCUT2D eigenvalue weighted by molar-refractivity contribution is 5.95. The molecule has 1 aliphatic heterocycles. The highest BCUT2D eigenvalue weighted by Gasteiger charge is 2.48. The van der Waals surface area contributed by atoms with Crippen molar-refractivity contribution >= 4 is 5.78 Å². The fraction of sp³-hybridized carbons (Fsp3) is 0.200. The molecule has 0 bridgehead atoms. The van der Waals surface area contributed by atoms with Crippen molar-refractivity contribution in [2.75, 3.05) is 0 Å². The lowest BCUT2D eigenvalue weighted by atomic mass is 9.95. The average molecular weight is 309 g/mol. The fourth-order valence-corrected chi connectivity index (χ4v) is 2.39. The van der Waals surface area contributed by atoms with Crippen molar-refractivity contribution in [3.8, 4) is 22.6 Å². The van der Waals surface area contributed by atoms with E-state index >= 15 is 0 Å². The number of fused-ring (bicyclic) bond motifs is 3. The molecule has 0 radical (unpaired) electrons. The van der Waals surface area contributed by atoms with Gasteiger partial charge in [-0.3, -0.25) is 4.79 Å². The van der Waals surface area contributed by atoms with E-state index in [0.29, 0.717) is 5.56 Å². The van der Waals surface area contributed by atoms with Gasteiger partial charge in [-0.1, -0.05) is 18.2 Å². The molecule has 0 saturated carbocycles. The van der Waals surface area contributed by atoms with Gasteiger partial charge in [0, 0.05) is 18.1 Å². The second kappa shape index (κ2) is 4.72. The molecule has 0 fully saturated rings. The molecule has 3 rings (SSSR count). The van der Waals surface area contributed by atoms with Crippen LogP contribution in [0.3, 0.4) is 0 Å². The molecule has 0 spiro atoms. The van der Waals surface area contributed by atoms with Gasteiger partial charge in [0.25, 0.3) is 0 Å². The third kappa shape index (κ3) is 2.18. The minimum Gasteiger partial charge on any atom is -0.506 e. The van der Waals surface area contributed by atoms with E-state index in [1.54, 1.807) is 18.2 Å². The number of ether oxygens (including phenoxy) is 1. The lowest BCUT2D eigenvalue weighted by Crippen LogP contribution is -2.30. The zero-order valence-electron chi connectivity index (χ0n) is 11.3. The van der Waals surface area contributed by atoms with Gasteiger partial charge in [0.15, 0.2) is 5.78 Å². The molecule has 1 atom stereocenters. The van der Waals surface area contributed by atoms with Crippen LogP contribution in [-0.2, 0) is 0 Å². The number of nitrogens with zero attached hydrogens (tertiary/aromatic N) is 1.